The molecule has 2 fully saturated rings. The van der Waals surface area contributed by atoms with Crippen LogP contribution in [0.3, 0.4) is 0 Å². The summed E-state index contributed by atoms with van der Waals surface area (Å²) in [5.74, 6) is 2.63. The number of fused-ring (bicyclic) bond motifs is 1. The molecule has 2 heterocycles. The smallest absolute Gasteiger partial charge is 0.231 e. The molecule has 3 aliphatic rings. The molecule has 27 heavy (non-hydrogen) atoms. The Labute approximate surface area is 179 Å². The minimum atomic E-state index is 0. The summed E-state index contributed by atoms with van der Waals surface area (Å²) in [6, 6.07) is 6.98. The highest BCUT2D eigenvalue weighted by atomic mass is 127. The first-order valence-corrected chi connectivity index (χ1v) is 9.83. The van der Waals surface area contributed by atoms with Gasteiger partial charge in [-0.3, -0.25) is 9.89 Å². The molecule has 0 spiro atoms. The van der Waals surface area contributed by atoms with E-state index in [9.17, 15) is 0 Å². The summed E-state index contributed by atoms with van der Waals surface area (Å²) in [7, 11) is 1.85. The number of nitrogens with one attached hydrogen (secondary N) is 2. The summed E-state index contributed by atoms with van der Waals surface area (Å²) in [5.41, 5.74) is 1.53. The van der Waals surface area contributed by atoms with E-state index in [1.54, 1.807) is 0 Å². The summed E-state index contributed by atoms with van der Waals surface area (Å²) in [6.07, 6.45) is 4.98. The van der Waals surface area contributed by atoms with Crippen LogP contribution in [0.15, 0.2) is 23.2 Å². The summed E-state index contributed by atoms with van der Waals surface area (Å²) < 4.78 is 11.0. The Hall–Kier alpha value is -1.22. The quantitative estimate of drug-likeness (QED) is 0.368. The number of halogens is 1. The molecule has 2 N–H and O–H groups in total. The fourth-order valence-corrected chi connectivity index (χ4v) is 4.18. The zero-order valence-corrected chi connectivity index (χ0v) is 18.6. The lowest BCUT2D eigenvalue weighted by Crippen LogP contribution is -2.46. The van der Waals surface area contributed by atoms with Gasteiger partial charge in [-0.2, -0.15) is 0 Å². The average Bonchev–Trinajstić information content (AvgIpc) is 3.10. The molecule has 1 unspecified atom stereocenters. The number of ether oxygens (including phenoxy) is 2. The van der Waals surface area contributed by atoms with Crippen molar-refractivity contribution in [2.75, 3.05) is 40.0 Å². The van der Waals surface area contributed by atoms with Crippen LogP contribution in [0.25, 0.3) is 0 Å². The third kappa shape index (κ3) is 4.45. The van der Waals surface area contributed by atoms with Gasteiger partial charge in [-0.15, -0.1) is 24.0 Å². The fraction of sp³-hybridized carbons (Fsp3) is 0.650. The molecule has 1 saturated carbocycles. The summed E-state index contributed by atoms with van der Waals surface area (Å²) in [6.45, 7) is 6.79. The van der Waals surface area contributed by atoms with Gasteiger partial charge in [0.1, 0.15) is 0 Å². The monoisotopic (exact) mass is 486 g/mol. The lowest BCUT2D eigenvalue weighted by atomic mass is 9.95. The number of hydrogen-bond donors (Lipinski definition) is 2. The highest BCUT2D eigenvalue weighted by Gasteiger charge is 2.44. The van der Waals surface area contributed by atoms with Crippen molar-refractivity contribution < 1.29 is 9.47 Å². The maximum atomic E-state index is 5.54. The first kappa shape index (κ1) is 20.5. The van der Waals surface area contributed by atoms with Gasteiger partial charge >= 0.3 is 0 Å². The van der Waals surface area contributed by atoms with Gasteiger partial charge in [0.15, 0.2) is 17.5 Å². The van der Waals surface area contributed by atoms with Crippen molar-refractivity contribution in [3.05, 3.63) is 23.8 Å². The van der Waals surface area contributed by atoms with Gasteiger partial charge in [-0.05, 0) is 56.5 Å². The Bertz CT molecular complexity index is 678. The van der Waals surface area contributed by atoms with Gasteiger partial charge in [0, 0.05) is 31.6 Å². The molecule has 0 amide bonds. The van der Waals surface area contributed by atoms with E-state index >= 15 is 0 Å². The van der Waals surface area contributed by atoms with Crippen LogP contribution in [0.2, 0.25) is 0 Å². The Kier molecular flexibility index (Phi) is 6.73. The average molecular weight is 486 g/mol. The molecule has 150 valence electrons. The van der Waals surface area contributed by atoms with E-state index in [0.29, 0.717) is 12.8 Å². The van der Waals surface area contributed by atoms with Gasteiger partial charge < -0.3 is 20.1 Å². The predicted octanol–water partition coefficient (Wildman–Crippen LogP) is 2.71. The van der Waals surface area contributed by atoms with Crippen LogP contribution in [-0.2, 0) is 5.41 Å². The van der Waals surface area contributed by atoms with Crippen molar-refractivity contribution in [3.8, 4) is 11.5 Å². The van der Waals surface area contributed by atoms with Crippen LogP contribution in [0.4, 0.5) is 0 Å². The van der Waals surface area contributed by atoms with Crippen LogP contribution in [0, 0.1) is 0 Å². The second-order valence-electron chi connectivity index (χ2n) is 7.58. The standard InChI is InChI=1S/C20H30N4O2.HI/c1-3-24-10-4-5-16(24)12-22-19(21-2)23-13-20(8-9-20)15-6-7-17-18(11-15)26-14-25-17;/h6-7,11,16H,3-5,8-10,12-14H2,1-2H3,(H2,21,22,23);1H. The Morgan fingerprint density at radius 2 is 2.07 bits per heavy atom. The zero-order valence-electron chi connectivity index (χ0n) is 16.3. The number of likely N-dealkylation sites (N-methyl/N-ethyl adjacent to an activating group) is 1. The minimum Gasteiger partial charge on any atom is -0.454 e. The van der Waals surface area contributed by atoms with Crippen molar-refractivity contribution in [1.82, 2.24) is 15.5 Å². The topological polar surface area (TPSA) is 58.1 Å². The maximum Gasteiger partial charge on any atom is 0.231 e. The number of aliphatic imine (C=N–C) groups is 1. The predicted molar refractivity (Wildman–Crippen MR) is 119 cm³/mol. The second kappa shape index (κ2) is 8.86. The van der Waals surface area contributed by atoms with E-state index < -0.39 is 0 Å². The molecule has 0 bridgehead atoms. The van der Waals surface area contributed by atoms with E-state index in [1.165, 1.54) is 37.8 Å². The van der Waals surface area contributed by atoms with E-state index in [-0.39, 0.29) is 29.4 Å². The van der Waals surface area contributed by atoms with Crippen LogP contribution in [0.1, 0.15) is 38.2 Å². The van der Waals surface area contributed by atoms with Gasteiger partial charge in [0.2, 0.25) is 6.79 Å². The SMILES string of the molecule is CCN1CCCC1CNC(=NC)NCC1(c2ccc3c(c2)OCO3)CC1.I. The van der Waals surface area contributed by atoms with E-state index in [1.807, 2.05) is 13.1 Å². The first-order chi connectivity index (χ1) is 12.7. The third-order valence-corrected chi connectivity index (χ3v) is 6.07. The molecule has 7 heteroatoms. The zero-order chi connectivity index (χ0) is 18.0. The molecule has 4 rings (SSSR count). The number of benzene rings is 1. The molecular formula is C20H31IN4O2. The first-order valence-electron chi connectivity index (χ1n) is 9.83. The van der Waals surface area contributed by atoms with Crippen LogP contribution >= 0.6 is 24.0 Å². The Balaban J connectivity index is 0.00000210. The van der Waals surface area contributed by atoms with Gasteiger partial charge in [0.25, 0.3) is 0 Å². The molecule has 0 radical (unpaired) electrons. The lowest BCUT2D eigenvalue weighted by molar-refractivity contribution is 0.174. The number of hydrogen-bond acceptors (Lipinski definition) is 4. The largest absolute Gasteiger partial charge is 0.454 e. The van der Waals surface area contributed by atoms with Gasteiger partial charge in [0.05, 0.1) is 0 Å². The van der Waals surface area contributed by atoms with E-state index in [0.717, 1.165) is 37.1 Å². The molecule has 6 nitrogen and oxygen atoms in total. The highest BCUT2D eigenvalue weighted by Crippen LogP contribution is 2.49. The van der Waals surface area contributed by atoms with Crippen molar-refractivity contribution in [1.29, 1.82) is 0 Å². The van der Waals surface area contributed by atoms with Crippen molar-refractivity contribution in [2.24, 2.45) is 4.99 Å². The lowest BCUT2D eigenvalue weighted by Gasteiger charge is -2.25. The number of nitrogens with zero attached hydrogens (tertiary/aromatic N) is 2. The summed E-state index contributed by atoms with van der Waals surface area (Å²) in [4.78, 5) is 6.96. The molecule has 1 saturated heterocycles. The van der Waals surface area contributed by atoms with Crippen molar-refractivity contribution in [2.45, 2.75) is 44.1 Å². The Morgan fingerprint density at radius 3 is 2.81 bits per heavy atom. The summed E-state index contributed by atoms with van der Waals surface area (Å²) >= 11 is 0. The number of rotatable bonds is 6. The fourth-order valence-electron chi connectivity index (χ4n) is 4.18. The minimum absolute atomic E-state index is 0. The highest BCUT2D eigenvalue weighted by molar-refractivity contribution is 14.0. The molecule has 1 aliphatic carbocycles. The van der Waals surface area contributed by atoms with Crippen LogP contribution in [0.5, 0.6) is 11.5 Å². The molecular weight excluding hydrogens is 455 g/mol. The molecule has 0 aromatic heterocycles. The number of guanidine groups is 1. The summed E-state index contributed by atoms with van der Waals surface area (Å²) in [5, 5.41) is 7.07. The van der Waals surface area contributed by atoms with Crippen molar-refractivity contribution >= 4 is 29.9 Å². The van der Waals surface area contributed by atoms with Crippen LogP contribution < -0.4 is 20.1 Å². The van der Waals surface area contributed by atoms with E-state index in [2.05, 4.69) is 39.6 Å². The van der Waals surface area contributed by atoms with Gasteiger partial charge in [-0.1, -0.05) is 13.0 Å². The van der Waals surface area contributed by atoms with Crippen molar-refractivity contribution in [3.63, 3.8) is 0 Å². The molecule has 2 aliphatic heterocycles. The normalized spacial score (nSPS) is 23.0. The van der Waals surface area contributed by atoms with E-state index in [4.69, 9.17) is 9.47 Å². The third-order valence-electron chi connectivity index (χ3n) is 6.07. The second-order valence-corrected chi connectivity index (χ2v) is 7.58. The number of likely N-dealkylation sites (tertiary alicyclic amines) is 1. The Morgan fingerprint density at radius 1 is 1.26 bits per heavy atom. The van der Waals surface area contributed by atoms with Gasteiger partial charge in [-0.25, -0.2) is 0 Å². The molecule has 1 atom stereocenters. The maximum absolute atomic E-state index is 5.54. The van der Waals surface area contributed by atoms with Crippen LogP contribution in [-0.4, -0.2) is 56.9 Å². The molecule has 1 aromatic rings. The molecule has 1 aromatic carbocycles.